The van der Waals surface area contributed by atoms with Gasteiger partial charge >= 0.3 is 0 Å². The summed E-state index contributed by atoms with van der Waals surface area (Å²) in [5.74, 6) is -4.03. The van der Waals surface area contributed by atoms with Crippen LogP contribution in [0.2, 0.25) is 0 Å². The highest BCUT2D eigenvalue weighted by Crippen LogP contribution is 2.35. The highest BCUT2D eigenvalue weighted by molar-refractivity contribution is 5.89. The van der Waals surface area contributed by atoms with E-state index in [0.717, 1.165) is 10.5 Å². The molecule has 0 aliphatic carbocycles. The van der Waals surface area contributed by atoms with Gasteiger partial charge in [-0.25, -0.2) is 8.78 Å². The number of amides is 2. The van der Waals surface area contributed by atoms with Crippen LogP contribution >= 0.6 is 0 Å². The summed E-state index contributed by atoms with van der Waals surface area (Å²) in [4.78, 5) is 28.7. The van der Waals surface area contributed by atoms with Crippen molar-refractivity contribution in [1.82, 2.24) is 9.80 Å². The Hall–Kier alpha value is -2.02. The molecule has 0 radical (unpaired) electrons. The number of hydrogen-bond acceptors (Lipinski definition) is 3. The van der Waals surface area contributed by atoms with E-state index in [1.54, 1.807) is 4.90 Å². The molecule has 0 unspecified atom stereocenters. The third-order valence-corrected chi connectivity index (χ3v) is 5.85. The topological polar surface area (TPSA) is 49.9 Å². The van der Waals surface area contributed by atoms with Gasteiger partial charge in [0.05, 0.1) is 6.54 Å². The fourth-order valence-corrected chi connectivity index (χ4v) is 4.34. The maximum Gasteiger partial charge on any atom is 0.267 e. The highest BCUT2D eigenvalue weighted by Gasteiger charge is 2.52. The Morgan fingerprint density at radius 3 is 2.52 bits per heavy atom. The molecule has 1 aromatic carbocycles. The quantitative estimate of drug-likeness (QED) is 0.793. The monoisotopic (exact) mass is 378 g/mol. The molecule has 2 amide bonds. The number of carbonyl (C=O) groups excluding carboxylic acids is 2. The van der Waals surface area contributed by atoms with Crippen LogP contribution in [-0.4, -0.2) is 59.9 Å². The molecule has 1 aromatic rings. The molecule has 0 spiro atoms. The predicted molar refractivity (Wildman–Crippen MR) is 94.2 cm³/mol. The van der Waals surface area contributed by atoms with Crippen LogP contribution in [0.3, 0.4) is 0 Å². The Bertz CT molecular complexity index is 734. The van der Waals surface area contributed by atoms with Gasteiger partial charge in [0, 0.05) is 38.6 Å². The summed E-state index contributed by atoms with van der Waals surface area (Å²) in [7, 11) is 0. The molecule has 0 aromatic heterocycles. The predicted octanol–water partition coefficient (Wildman–Crippen LogP) is 2.23. The molecular formula is C20H24F2N2O3. The molecule has 2 saturated heterocycles. The van der Waals surface area contributed by atoms with Gasteiger partial charge < -0.3 is 14.5 Å². The zero-order valence-corrected chi connectivity index (χ0v) is 15.2. The summed E-state index contributed by atoms with van der Waals surface area (Å²) in [6.45, 7) is 1.17. The van der Waals surface area contributed by atoms with Gasteiger partial charge in [0.2, 0.25) is 11.8 Å². The largest absolute Gasteiger partial charge is 0.381 e. The smallest absolute Gasteiger partial charge is 0.267 e. The van der Waals surface area contributed by atoms with Crippen molar-refractivity contribution in [3.8, 4) is 0 Å². The van der Waals surface area contributed by atoms with Crippen LogP contribution in [0, 0.1) is 5.92 Å². The first-order chi connectivity index (χ1) is 12.9. The number of halogens is 2. The van der Waals surface area contributed by atoms with Crippen molar-refractivity contribution in [1.29, 1.82) is 0 Å². The minimum Gasteiger partial charge on any atom is -0.381 e. The van der Waals surface area contributed by atoms with E-state index >= 15 is 0 Å². The lowest BCUT2D eigenvalue weighted by Gasteiger charge is -2.34. The molecule has 0 saturated carbocycles. The van der Waals surface area contributed by atoms with Crippen molar-refractivity contribution in [3.05, 3.63) is 35.4 Å². The molecule has 5 nitrogen and oxygen atoms in total. The summed E-state index contributed by atoms with van der Waals surface area (Å²) in [6.07, 6.45) is 1.18. The van der Waals surface area contributed by atoms with Crippen LogP contribution in [0.5, 0.6) is 0 Å². The van der Waals surface area contributed by atoms with Crippen molar-refractivity contribution in [3.63, 3.8) is 0 Å². The van der Waals surface area contributed by atoms with Crippen LogP contribution in [0.15, 0.2) is 24.3 Å². The number of alkyl halides is 2. The number of ether oxygens (including phenoxy) is 1. The lowest BCUT2D eigenvalue weighted by Crippen LogP contribution is -2.50. The molecule has 146 valence electrons. The Balaban J connectivity index is 1.51. The van der Waals surface area contributed by atoms with Crippen molar-refractivity contribution in [2.75, 3.05) is 26.3 Å². The van der Waals surface area contributed by atoms with Crippen molar-refractivity contribution in [2.45, 2.75) is 44.2 Å². The summed E-state index contributed by atoms with van der Waals surface area (Å²) >= 11 is 0. The second-order valence-electron chi connectivity index (χ2n) is 7.71. The van der Waals surface area contributed by atoms with E-state index in [9.17, 15) is 18.4 Å². The van der Waals surface area contributed by atoms with Gasteiger partial charge in [-0.15, -0.1) is 0 Å². The highest BCUT2D eigenvalue weighted by atomic mass is 19.3. The molecule has 3 aliphatic rings. The number of fused-ring (bicyclic) bond motifs is 1. The van der Waals surface area contributed by atoms with Gasteiger partial charge in [-0.1, -0.05) is 24.3 Å². The molecule has 4 rings (SSSR count). The van der Waals surface area contributed by atoms with E-state index in [1.807, 2.05) is 24.3 Å². The van der Waals surface area contributed by atoms with E-state index in [0.29, 0.717) is 45.6 Å². The van der Waals surface area contributed by atoms with Crippen LogP contribution in [0.1, 0.15) is 30.4 Å². The zero-order valence-electron chi connectivity index (χ0n) is 15.2. The SMILES string of the molecule is O=C([C@@H]1CC(F)(F)CN1C(=O)C1CCOCC1)N1CCc2ccccc2C1. The number of carbonyl (C=O) groups is 2. The van der Waals surface area contributed by atoms with Gasteiger partial charge in [0.15, 0.2) is 0 Å². The summed E-state index contributed by atoms with van der Waals surface area (Å²) in [5.41, 5.74) is 2.23. The number of nitrogens with zero attached hydrogens (tertiary/aromatic N) is 2. The van der Waals surface area contributed by atoms with Gasteiger partial charge in [0.1, 0.15) is 6.04 Å². The third kappa shape index (κ3) is 3.70. The van der Waals surface area contributed by atoms with Gasteiger partial charge in [-0.3, -0.25) is 9.59 Å². The standard InChI is InChI=1S/C20H24F2N2O3/c21-20(22)11-17(24(13-20)18(25)15-6-9-27-10-7-15)19(26)23-8-5-14-3-1-2-4-16(14)12-23/h1-4,15,17H,5-13H2/t17-/m0/s1. The number of benzene rings is 1. The summed E-state index contributed by atoms with van der Waals surface area (Å²) < 4.78 is 33.6. The Morgan fingerprint density at radius 2 is 1.78 bits per heavy atom. The molecule has 3 aliphatic heterocycles. The number of likely N-dealkylation sites (tertiary alicyclic amines) is 1. The van der Waals surface area contributed by atoms with E-state index in [1.165, 1.54) is 5.56 Å². The lowest BCUT2D eigenvalue weighted by atomic mass is 9.97. The normalized spacial score (nSPS) is 25.3. The number of rotatable bonds is 2. The minimum atomic E-state index is -3.02. The molecule has 3 heterocycles. The fourth-order valence-electron chi connectivity index (χ4n) is 4.34. The first-order valence-electron chi connectivity index (χ1n) is 9.56. The number of hydrogen-bond donors (Lipinski definition) is 0. The molecule has 1 atom stereocenters. The Labute approximate surface area is 157 Å². The van der Waals surface area contributed by atoms with Crippen LogP contribution in [0.4, 0.5) is 8.78 Å². The summed E-state index contributed by atoms with van der Waals surface area (Å²) in [6, 6.07) is 6.80. The lowest BCUT2D eigenvalue weighted by molar-refractivity contribution is -0.148. The Morgan fingerprint density at radius 1 is 1.07 bits per heavy atom. The zero-order chi connectivity index (χ0) is 19.0. The van der Waals surface area contributed by atoms with Gasteiger partial charge in [-0.05, 0) is 30.4 Å². The van der Waals surface area contributed by atoms with E-state index in [4.69, 9.17) is 4.74 Å². The van der Waals surface area contributed by atoms with Crippen molar-refractivity contribution in [2.24, 2.45) is 5.92 Å². The Kier molecular flexibility index (Phi) is 4.88. The van der Waals surface area contributed by atoms with Crippen molar-refractivity contribution >= 4 is 11.8 Å². The molecule has 0 N–H and O–H groups in total. The van der Waals surface area contributed by atoms with E-state index in [2.05, 4.69) is 0 Å². The first-order valence-corrected chi connectivity index (χ1v) is 9.56. The molecule has 2 fully saturated rings. The van der Waals surface area contributed by atoms with Gasteiger partial charge in [-0.2, -0.15) is 0 Å². The maximum absolute atomic E-state index is 14.1. The van der Waals surface area contributed by atoms with Crippen molar-refractivity contribution < 1.29 is 23.1 Å². The maximum atomic E-state index is 14.1. The second-order valence-corrected chi connectivity index (χ2v) is 7.71. The molecule has 7 heteroatoms. The molecular weight excluding hydrogens is 354 g/mol. The average molecular weight is 378 g/mol. The molecule has 27 heavy (non-hydrogen) atoms. The average Bonchev–Trinajstić information content (AvgIpc) is 3.02. The van der Waals surface area contributed by atoms with E-state index < -0.39 is 24.9 Å². The third-order valence-electron chi connectivity index (χ3n) is 5.85. The van der Waals surface area contributed by atoms with Crippen LogP contribution < -0.4 is 0 Å². The van der Waals surface area contributed by atoms with Crippen LogP contribution in [0.25, 0.3) is 0 Å². The fraction of sp³-hybridized carbons (Fsp3) is 0.600. The van der Waals surface area contributed by atoms with Gasteiger partial charge in [0.25, 0.3) is 5.92 Å². The minimum absolute atomic E-state index is 0.328. The molecule has 0 bridgehead atoms. The van der Waals surface area contributed by atoms with Crippen LogP contribution in [-0.2, 0) is 27.3 Å². The summed E-state index contributed by atoms with van der Waals surface area (Å²) in [5, 5.41) is 0. The van der Waals surface area contributed by atoms with E-state index in [-0.39, 0.29) is 17.7 Å². The second kappa shape index (κ2) is 7.19. The first kappa shape index (κ1) is 18.3.